The molecule has 0 amide bonds. The van der Waals surface area contributed by atoms with Crippen LogP contribution in [0.25, 0.3) is 0 Å². The summed E-state index contributed by atoms with van der Waals surface area (Å²) in [6.45, 7) is 10.8. The molecule has 0 radical (unpaired) electrons. The van der Waals surface area contributed by atoms with E-state index in [4.69, 9.17) is 9.47 Å². The molecule has 1 rings (SSSR count). The van der Waals surface area contributed by atoms with E-state index in [1.54, 1.807) is 0 Å². The smallest absolute Gasteiger partial charge is 0.309 e. The van der Waals surface area contributed by atoms with Gasteiger partial charge in [0.2, 0.25) is 0 Å². The summed E-state index contributed by atoms with van der Waals surface area (Å²) in [4.78, 5) is 24.3. The Bertz CT molecular complexity index is 428. The van der Waals surface area contributed by atoms with E-state index >= 15 is 0 Å². The average molecular weight is 383 g/mol. The number of carbonyl (C=O) groups is 2. The van der Waals surface area contributed by atoms with E-state index in [0.717, 1.165) is 44.4 Å². The maximum atomic E-state index is 12.2. The molecule has 0 bridgehead atoms. The predicted octanol–water partition coefficient (Wildman–Crippen LogP) is 6.06. The van der Waals surface area contributed by atoms with Crippen molar-refractivity contribution < 1.29 is 19.1 Å². The summed E-state index contributed by atoms with van der Waals surface area (Å²) in [7, 11) is 0. The fourth-order valence-electron chi connectivity index (χ4n) is 3.60. The first-order valence-electron chi connectivity index (χ1n) is 11.1. The van der Waals surface area contributed by atoms with Crippen molar-refractivity contribution in [2.45, 2.75) is 111 Å². The van der Waals surface area contributed by atoms with Gasteiger partial charge in [0.1, 0.15) is 5.60 Å². The van der Waals surface area contributed by atoms with Crippen molar-refractivity contribution >= 4 is 11.9 Å². The van der Waals surface area contributed by atoms with Crippen molar-refractivity contribution in [1.29, 1.82) is 0 Å². The second kappa shape index (κ2) is 12.4. The highest BCUT2D eigenvalue weighted by Gasteiger charge is 2.33. The number of ether oxygens (including phenoxy) is 2. The predicted molar refractivity (Wildman–Crippen MR) is 109 cm³/mol. The molecule has 0 saturated heterocycles. The highest BCUT2D eigenvalue weighted by Crippen LogP contribution is 2.31. The first-order valence-corrected chi connectivity index (χ1v) is 11.1. The minimum Gasteiger partial charge on any atom is -0.465 e. The van der Waals surface area contributed by atoms with Crippen LogP contribution in [0.1, 0.15) is 105 Å². The van der Waals surface area contributed by atoms with Crippen molar-refractivity contribution in [3.8, 4) is 0 Å². The van der Waals surface area contributed by atoms with Crippen molar-refractivity contribution in [3.63, 3.8) is 0 Å². The topological polar surface area (TPSA) is 52.6 Å². The summed E-state index contributed by atoms with van der Waals surface area (Å²) in [5.74, 6) is 0.504. The van der Waals surface area contributed by atoms with Crippen LogP contribution in [0.2, 0.25) is 0 Å². The molecule has 0 aromatic rings. The number of carbonyl (C=O) groups excluding carboxylic acids is 2. The average Bonchev–Trinajstić information content (AvgIpc) is 2.58. The molecule has 4 nitrogen and oxygen atoms in total. The van der Waals surface area contributed by atoms with Crippen LogP contribution in [0.5, 0.6) is 0 Å². The minimum atomic E-state index is -0.443. The largest absolute Gasteiger partial charge is 0.465 e. The van der Waals surface area contributed by atoms with Crippen LogP contribution in [0.4, 0.5) is 0 Å². The molecule has 0 aromatic heterocycles. The van der Waals surface area contributed by atoms with Gasteiger partial charge in [-0.3, -0.25) is 9.59 Å². The SMILES string of the molecule is CC(C)CCCCCCCCOC(=O)C1CCC(C(=O)OC(C)(C)C)CC1. The number of esters is 2. The van der Waals surface area contributed by atoms with Crippen molar-refractivity contribution in [1.82, 2.24) is 0 Å². The normalized spacial score (nSPS) is 20.5. The lowest BCUT2D eigenvalue weighted by Gasteiger charge is -2.28. The molecule has 27 heavy (non-hydrogen) atoms. The molecule has 1 saturated carbocycles. The van der Waals surface area contributed by atoms with Gasteiger partial charge in [-0.2, -0.15) is 0 Å². The Morgan fingerprint density at radius 1 is 0.815 bits per heavy atom. The molecular formula is C23H42O4. The monoisotopic (exact) mass is 382 g/mol. The first kappa shape index (κ1) is 24.0. The van der Waals surface area contributed by atoms with Crippen LogP contribution in [-0.4, -0.2) is 24.1 Å². The zero-order valence-electron chi connectivity index (χ0n) is 18.4. The summed E-state index contributed by atoms with van der Waals surface area (Å²) in [6.07, 6.45) is 11.5. The van der Waals surface area contributed by atoms with Crippen LogP contribution in [-0.2, 0) is 19.1 Å². The van der Waals surface area contributed by atoms with Gasteiger partial charge in [-0.1, -0.05) is 52.4 Å². The number of hydrogen-bond acceptors (Lipinski definition) is 4. The lowest BCUT2D eigenvalue weighted by molar-refractivity contribution is -0.163. The number of hydrogen-bond donors (Lipinski definition) is 0. The van der Waals surface area contributed by atoms with Gasteiger partial charge in [0.25, 0.3) is 0 Å². The van der Waals surface area contributed by atoms with E-state index in [-0.39, 0.29) is 23.8 Å². The van der Waals surface area contributed by atoms with Crippen molar-refractivity contribution in [2.24, 2.45) is 17.8 Å². The summed E-state index contributed by atoms with van der Waals surface area (Å²) in [6, 6.07) is 0. The molecule has 0 aliphatic heterocycles. The summed E-state index contributed by atoms with van der Waals surface area (Å²) in [5.41, 5.74) is -0.443. The van der Waals surface area contributed by atoms with Crippen LogP contribution in [0.15, 0.2) is 0 Å². The fraction of sp³-hybridized carbons (Fsp3) is 0.913. The second-order valence-electron chi connectivity index (χ2n) is 9.55. The first-order chi connectivity index (χ1) is 12.7. The summed E-state index contributed by atoms with van der Waals surface area (Å²) >= 11 is 0. The number of unbranched alkanes of at least 4 members (excludes halogenated alkanes) is 5. The highest BCUT2D eigenvalue weighted by molar-refractivity contribution is 5.75. The molecular weight excluding hydrogens is 340 g/mol. The van der Waals surface area contributed by atoms with Gasteiger partial charge in [-0.15, -0.1) is 0 Å². The van der Waals surface area contributed by atoms with Crippen molar-refractivity contribution in [2.75, 3.05) is 6.61 Å². The maximum absolute atomic E-state index is 12.2. The van der Waals surface area contributed by atoms with Gasteiger partial charge in [0.15, 0.2) is 0 Å². The van der Waals surface area contributed by atoms with E-state index in [1.165, 1.54) is 32.1 Å². The molecule has 0 aromatic carbocycles. The molecule has 0 unspecified atom stereocenters. The zero-order valence-corrected chi connectivity index (χ0v) is 18.4. The summed E-state index contributed by atoms with van der Waals surface area (Å²) in [5, 5.41) is 0. The van der Waals surface area contributed by atoms with Gasteiger partial charge in [-0.05, 0) is 58.8 Å². The van der Waals surface area contributed by atoms with Gasteiger partial charge in [-0.25, -0.2) is 0 Å². The molecule has 4 heteroatoms. The molecule has 1 fully saturated rings. The van der Waals surface area contributed by atoms with Crippen LogP contribution >= 0.6 is 0 Å². The zero-order chi connectivity index (χ0) is 20.3. The quantitative estimate of drug-likeness (QED) is 0.322. The Morgan fingerprint density at radius 3 is 1.81 bits per heavy atom. The Hall–Kier alpha value is -1.06. The second-order valence-corrected chi connectivity index (χ2v) is 9.55. The van der Waals surface area contributed by atoms with Gasteiger partial charge >= 0.3 is 11.9 Å². The van der Waals surface area contributed by atoms with Gasteiger partial charge < -0.3 is 9.47 Å². The lowest BCUT2D eigenvalue weighted by Crippen LogP contribution is -2.32. The molecule has 1 aliphatic carbocycles. The van der Waals surface area contributed by atoms with E-state index < -0.39 is 5.60 Å². The molecule has 0 spiro atoms. The summed E-state index contributed by atoms with van der Waals surface area (Å²) < 4.78 is 10.9. The molecule has 0 heterocycles. The van der Waals surface area contributed by atoms with Crippen LogP contribution in [0.3, 0.4) is 0 Å². The minimum absolute atomic E-state index is 0.0419. The van der Waals surface area contributed by atoms with E-state index in [9.17, 15) is 9.59 Å². The third-order valence-electron chi connectivity index (χ3n) is 5.22. The maximum Gasteiger partial charge on any atom is 0.309 e. The van der Waals surface area contributed by atoms with Crippen LogP contribution < -0.4 is 0 Å². The van der Waals surface area contributed by atoms with Crippen LogP contribution in [0, 0.1) is 17.8 Å². The van der Waals surface area contributed by atoms with E-state index in [0.29, 0.717) is 6.61 Å². The van der Waals surface area contributed by atoms with Crippen molar-refractivity contribution in [3.05, 3.63) is 0 Å². The molecule has 0 atom stereocenters. The lowest BCUT2D eigenvalue weighted by atomic mass is 9.82. The van der Waals surface area contributed by atoms with Gasteiger partial charge in [0, 0.05) is 0 Å². The molecule has 0 N–H and O–H groups in total. The molecule has 158 valence electrons. The Morgan fingerprint density at radius 2 is 1.30 bits per heavy atom. The third kappa shape index (κ3) is 11.4. The van der Waals surface area contributed by atoms with Gasteiger partial charge in [0.05, 0.1) is 18.4 Å². The number of rotatable bonds is 11. The Balaban J connectivity index is 2.06. The van der Waals surface area contributed by atoms with E-state index in [2.05, 4.69) is 13.8 Å². The Labute approximate surface area is 166 Å². The standard InChI is InChI=1S/C23H42O4/c1-18(2)12-10-8-6-7-9-11-17-26-21(24)19-13-15-20(16-14-19)22(25)27-23(3,4)5/h18-20H,6-17H2,1-5H3. The van der Waals surface area contributed by atoms with E-state index in [1.807, 2.05) is 20.8 Å². The highest BCUT2D eigenvalue weighted by atomic mass is 16.6. The Kier molecular flexibility index (Phi) is 11.0. The molecule has 1 aliphatic rings. The fourth-order valence-corrected chi connectivity index (χ4v) is 3.60. The third-order valence-corrected chi connectivity index (χ3v) is 5.22.